The molecule has 9 heteroatoms. The predicted octanol–water partition coefficient (Wildman–Crippen LogP) is 2.63. The number of nitrogens with zero attached hydrogens (tertiary/aromatic N) is 3. The molecule has 0 spiro atoms. The summed E-state index contributed by atoms with van der Waals surface area (Å²) in [5.74, 6) is 1.73. The Balaban J connectivity index is 1.22. The third-order valence-electron chi connectivity index (χ3n) is 9.77. The normalized spacial score (nSPS) is 35.6. The summed E-state index contributed by atoms with van der Waals surface area (Å²) in [6, 6.07) is 0.0562. The first-order chi connectivity index (χ1) is 17.9. The zero-order valence-corrected chi connectivity index (χ0v) is 22.7. The summed E-state index contributed by atoms with van der Waals surface area (Å²) in [6.45, 7) is 8.97. The van der Waals surface area contributed by atoms with Crippen LogP contribution in [-0.2, 0) is 19.1 Å². The number of hydrogen-bond acceptors (Lipinski definition) is 6. The third kappa shape index (κ3) is 5.92. The highest BCUT2D eigenvalue weighted by Crippen LogP contribution is 2.44. The lowest BCUT2D eigenvalue weighted by atomic mass is 9.68. The molecule has 0 aromatic rings. The molecule has 3 saturated heterocycles. The highest BCUT2D eigenvalue weighted by molar-refractivity contribution is 5.79. The summed E-state index contributed by atoms with van der Waals surface area (Å²) in [7, 11) is 0. The molecule has 1 N–H and O–H groups in total. The lowest BCUT2D eigenvalue weighted by Gasteiger charge is -2.54. The second-order valence-corrected chi connectivity index (χ2v) is 12.0. The van der Waals surface area contributed by atoms with Gasteiger partial charge in [-0.1, -0.05) is 0 Å². The van der Waals surface area contributed by atoms with E-state index in [1.165, 1.54) is 0 Å². The number of rotatable bonds is 3. The van der Waals surface area contributed by atoms with E-state index < -0.39 is 0 Å². The van der Waals surface area contributed by atoms with E-state index in [1.807, 2.05) is 14.7 Å². The number of ether oxygens (including phenoxy) is 2. The van der Waals surface area contributed by atoms with Crippen LogP contribution < -0.4 is 5.32 Å². The van der Waals surface area contributed by atoms with E-state index in [0.29, 0.717) is 37.5 Å². The topological polar surface area (TPSA) is 91.4 Å². The fraction of sp³-hybridized carbons (Fsp3) is 0.893. The van der Waals surface area contributed by atoms with E-state index in [1.54, 1.807) is 6.92 Å². The van der Waals surface area contributed by atoms with Crippen LogP contribution in [0.1, 0.15) is 71.6 Å². The summed E-state index contributed by atoms with van der Waals surface area (Å²) in [4.78, 5) is 45.1. The van der Waals surface area contributed by atoms with Gasteiger partial charge in [-0.3, -0.25) is 9.59 Å². The van der Waals surface area contributed by atoms with E-state index >= 15 is 0 Å². The van der Waals surface area contributed by atoms with Crippen LogP contribution in [0, 0.1) is 17.8 Å². The highest BCUT2D eigenvalue weighted by Gasteiger charge is 2.48. The largest absolute Gasteiger partial charge is 0.446 e. The van der Waals surface area contributed by atoms with Gasteiger partial charge in [0.25, 0.3) is 0 Å². The maximum Gasteiger partial charge on any atom is 0.410 e. The van der Waals surface area contributed by atoms with Gasteiger partial charge in [0.1, 0.15) is 6.10 Å². The summed E-state index contributed by atoms with van der Waals surface area (Å²) in [5.41, 5.74) is 0. The van der Waals surface area contributed by atoms with E-state index in [4.69, 9.17) is 9.47 Å². The van der Waals surface area contributed by atoms with Crippen molar-refractivity contribution < 1.29 is 23.9 Å². The monoisotopic (exact) mass is 518 g/mol. The maximum atomic E-state index is 13.4. The molecular formula is C28H46N4O5. The standard InChI is InChI=1S/C28H46N4O5/c1-19-18-31(28(35)37-24-9-15-36-16-10-24)26-17-23(7-8-25(26)32(19)20(2)33)21-3-5-22(6-4-21)27(34)30-13-11-29-12-14-30/h19,21-26,29H,3-18H2,1-2H3/t19-,21?,22?,23?,25?,26?/m0/s1. The molecule has 0 bridgehead atoms. The Labute approximate surface area is 221 Å². The molecule has 3 unspecified atom stereocenters. The van der Waals surface area contributed by atoms with E-state index in [2.05, 4.69) is 12.2 Å². The van der Waals surface area contributed by atoms with E-state index in [-0.39, 0.29) is 42.1 Å². The quantitative estimate of drug-likeness (QED) is 0.618. The number of piperazine rings is 2. The fourth-order valence-electron chi connectivity index (χ4n) is 7.82. The first kappa shape index (κ1) is 26.7. The smallest absolute Gasteiger partial charge is 0.410 e. The number of hydrogen-bond donors (Lipinski definition) is 1. The van der Waals surface area contributed by atoms with Crippen molar-refractivity contribution in [1.29, 1.82) is 0 Å². The molecule has 0 aromatic carbocycles. The SMILES string of the molecule is CC(=O)N1C2CCC(C3CCC(C(=O)N4CCNCC4)CC3)CC2N(C(=O)OC2CCOCC2)C[C@@H]1C. The van der Waals surface area contributed by atoms with Gasteiger partial charge in [0.2, 0.25) is 11.8 Å². The van der Waals surface area contributed by atoms with Crippen LogP contribution in [0.4, 0.5) is 4.79 Å². The van der Waals surface area contributed by atoms with Gasteiger partial charge >= 0.3 is 6.09 Å². The van der Waals surface area contributed by atoms with Crippen LogP contribution in [0.15, 0.2) is 0 Å². The lowest BCUT2D eigenvalue weighted by Crippen LogP contribution is -2.67. The van der Waals surface area contributed by atoms with Gasteiger partial charge in [-0.05, 0) is 63.7 Å². The van der Waals surface area contributed by atoms with Gasteiger partial charge < -0.3 is 29.5 Å². The fourth-order valence-corrected chi connectivity index (χ4v) is 7.82. The van der Waals surface area contributed by atoms with Crippen molar-refractivity contribution in [3.63, 3.8) is 0 Å². The van der Waals surface area contributed by atoms with Crippen LogP contribution >= 0.6 is 0 Å². The Hall–Kier alpha value is -1.87. The second-order valence-electron chi connectivity index (χ2n) is 12.0. The van der Waals surface area contributed by atoms with Crippen molar-refractivity contribution >= 4 is 17.9 Å². The number of carbonyl (C=O) groups excluding carboxylic acids is 3. The molecule has 2 saturated carbocycles. The minimum Gasteiger partial charge on any atom is -0.446 e. The predicted molar refractivity (Wildman–Crippen MR) is 139 cm³/mol. The average molecular weight is 519 g/mol. The zero-order chi connectivity index (χ0) is 25.9. The molecule has 3 aliphatic heterocycles. The van der Waals surface area contributed by atoms with Crippen LogP contribution in [0.3, 0.4) is 0 Å². The molecule has 5 rings (SSSR count). The molecule has 9 nitrogen and oxygen atoms in total. The summed E-state index contributed by atoms with van der Waals surface area (Å²) in [5, 5.41) is 3.33. The molecule has 4 atom stereocenters. The van der Waals surface area contributed by atoms with Gasteiger partial charge in [0.05, 0.1) is 25.3 Å². The average Bonchev–Trinajstić information content (AvgIpc) is 2.93. The van der Waals surface area contributed by atoms with E-state index in [0.717, 1.165) is 84.0 Å². The Morgan fingerprint density at radius 3 is 2.22 bits per heavy atom. The Morgan fingerprint density at radius 1 is 0.865 bits per heavy atom. The first-order valence-corrected chi connectivity index (χ1v) is 14.8. The molecule has 2 aliphatic carbocycles. The van der Waals surface area contributed by atoms with E-state index in [9.17, 15) is 14.4 Å². The van der Waals surface area contributed by atoms with Crippen LogP contribution in [0.2, 0.25) is 0 Å². The minimum atomic E-state index is -0.220. The molecule has 208 valence electrons. The van der Waals surface area contributed by atoms with Gasteiger partial charge in [0, 0.05) is 64.4 Å². The van der Waals surface area contributed by atoms with Crippen molar-refractivity contribution in [2.24, 2.45) is 17.8 Å². The van der Waals surface area contributed by atoms with Gasteiger partial charge in [-0.25, -0.2) is 4.79 Å². The zero-order valence-electron chi connectivity index (χ0n) is 22.7. The van der Waals surface area contributed by atoms with Gasteiger partial charge in [-0.2, -0.15) is 0 Å². The van der Waals surface area contributed by atoms with Crippen LogP contribution in [-0.4, -0.2) is 103 Å². The second kappa shape index (κ2) is 11.9. The van der Waals surface area contributed by atoms with Crippen molar-refractivity contribution in [3.05, 3.63) is 0 Å². The summed E-state index contributed by atoms with van der Waals surface area (Å²) in [6.07, 6.45) is 8.27. The van der Waals surface area contributed by atoms with Crippen LogP contribution in [0.5, 0.6) is 0 Å². The molecule has 3 heterocycles. The van der Waals surface area contributed by atoms with Crippen molar-refractivity contribution in [1.82, 2.24) is 20.0 Å². The maximum absolute atomic E-state index is 13.4. The van der Waals surface area contributed by atoms with Crippen LogP contribution in [0.25, 0.3) is 0 Å². The Bertz CT molecular complexity index is 819. The van der Waals surface area contributed by atoms with Gasteiger partial charge in [0.15, 0.2) is 0 Å². The Kier molecular flexibility index (Phi) is 8.59. The van der Waals surface area contributed by atoms with Crippen molar-refractivity contribution in [3.8, 4) is 0 Å². The van der Waals surface area contributed by atoms with Gasteiger partial charge in [-0.15, -0.1) is 0 Å². The summed E-state index contributed by atoms with van der Waals surface area (Å²) >= 11 is 0. The molecular weight excluding hydrogens is 472 g/mol. The third-order valence-corrected chi connectivity index (χ3v) is 9.77. The number of fused-ring (bicyclic) bond motifs is 1. The molecule has 5 fully saturated rings. The Morgan fingerprint density at radius 2 is 1.54 bits per heavy atom. The lowest BCUT2D eigenvalue weighted by molar-refractivity contribution is -0.143. The molecule has 0 aromatic heterocycles. The number of carbonyl (C=O) groups is 3. The van der Waals surface area contributed by atoms with Crippen molar-refractivity contribution in [2.45, 2.75) is 95.9 Å². The molecule has 0 radical (unpaired) electrons. The first-order valence-electron chi connectivity index (χ1n) is 14.8. The highest BCUT2D eigenvalue weighted by atomic mass is 16.6. The summed E-state index contributed by atoms with van der Waals surface area (Å²) < 4.78 is 11.4. The number of amides is 3. The molecule has 5 aliphatic rings. The minimum absolute atomic E-state index is 0.00592. The number of nitrogens with one attached hydrogen (secondary N) is 1. The molecule has 3 amide bonds. The molecule has 37 heavy (non-hydrogen) atoms. The van der Waals surface area contributed by atoms with Crippen molar-refractivity contribution in [2.75, 3.05) is 45.9 Å².